The predicted octanol–water partition coefficient (Wildman–Crippen LogP) is 0.144. The van der Waals surface area contributed by atoms with Gasteiger partial charge in [0.1, 0.15) is 0 Å². The molecule has 130 valence electrons. The summed E-state index contributed by atoms with van der Waals surface area (Å²) in [6.07, 6.45) is 1.68. The Labute approximate surface area is 141 Å². The fraction of sp³-hybridized carbons (Fsp3) is 0.467. The maximum absolute atomic E-state index is 12.0. The summed E-state index contributed by atoms with van der Waals surface area (Å²) >= 11 is 0. The minimum Gasteiger partial charge on any atom is -0.326 e. The Balaban J connectivity index is 1.72. The Morgan fingerprint density at radius 3 is 2.71 bits per heavy atom. The van der Waals surface area contributed by atoms with Crippen molar-refractivity contribution < 1.29 is 13.2 Å². The van der Waals surface area contributed by atoms with Gasteiger partial charge in [0.15, 0.2) is 0 Å². The predicted molar refractivity (Wildman–Crippen MR) is 90.1 cm³/mol. The van der Waals surface area contributed by atoms with Gasteiger partial charge in [-0.1, -0.05) is 6.07 Å². The summed E-state index contributed by atoms with van der Waals surface area (Å²) in [5, 5.41) is 16.6. The van der Waals surface area contributed by atoms with E-state index >= 15 is 0 Å². The molecule has 1 amide bonds. The van der Waals surface area contributed by atoms with Gasteiger partial charge in [0, 0.05) is 24.7 Å². The topological polar surface area (TPSA) is 128 Å². The Kier molecular flexibility index (Phi) is 6.28. The average molecular weight is 351 g/mol. The lowest BCUT2D eigenvalue weighted by atomic mass is 10.1. The van der Waals surface area contributed by atoms with Gasteiger partial charge in [0.25, 0.3) is 10.2 Å². The maximum atomic E-state index is 12.0. The van der Waals surface area contributed by atoms with E-state index in [9.17, 15) is 13.2 Å². The minimum absolute atomic E-state index is 0.116. The van der Waals surface area contributed by atoms with Crippen LogP contribution in [0.2, 0.25) is 0 Å². The molecule has 4 N–H and O–H groups in total. The van der Waals surface area contributed by atoms with E-state index in [0.717, 1.165) is 0 Å². The third kappa shape index (κ3) is 6.25. The number of benzene rings is 1. The van der Waals surface area contributed by atoms with Crippen LogP contribution in [0.15, 0.2) is 24.3 Å². The highest BCUT2D eigenvalue weighted by Gasteiger charge is 2.22. The third-order valence-corrected chi connectivity index (χ3v) is 4.51. The molecule has 1 fully saturated rings. The summed E-state index contributed by atoms with van der Waals surface area (Å²) in [6.45, 7) is 2.03. The molecule has 1 aromatic rings. The molecule has 0 unspecified atom stereocenters. The van der Waals surface area contributed by atoms with Gasteiger partial charge in [0.05, 0.1) is 11.6 Å². The molecule has 0 radical (unpaired) electrons. The van der Waals surface area contributed by atoms with E-state index < -0.39 is 10.2 Å². The molecule has 0 aliphatic carbocycles. The molecule has 0 bridgehead atoms. The fourth-order valence-corrected chi connectivity index (χ4v) is 3.36. The summed E-state index contributed by atoms with van der Waals surface area (Å²) in [6, 6.07) is 8.65. The average Bonchev–Trinajstić information content (AvgIpc) is 2.53. The van der Waals surface area contributed by atoms with E-state index in [1.165, 1.54) is 0 Å². The van der Waals surface area contributed by atoms with Gasteiger partial charge in [-0.25, -0.2) is 5.14 Å². The first-order valence-electron chi connectivity index (χ1n) is 7.68. The summed E-state index contributed by atoms with van der Waals surface area (Å²) in [4.78, 5) is 14.1. The van der Waals surface area contributed by atoms with Crippen molar-refractivity contribution in [2.75, 3.05) is 25.0 Å². The number of nitrogens with two attached hydrogens (primary N) is 1. The summed E-state index contributed by atoms with van der Waals surface area (Å²) in [7, 11) is -3.66. The number of hydrogen-bond donors (Lipinski definition) is 3. The van der Waals surface area contributed by atoms with Gasteiger partial charge in [-0.2, -0.15) is 18.4 Å². The van der Waals surface area contributed by atoms with Crippen LogP contribution in [0.5, 0.6) is 0 Å². The lowest BCUT2D eigenvalue weighted by Gasteiger charge is -2.31. The van der Waals surface area contributed by atoms with Gasteiger partial charge in [-0.15, -0.1) is 0 Å². The lowest BCUT2D eigenvalue weighted by Crippen LogP contribution is -2.47. The Bertz CT molecular complexity index is 721. The number of anilines is 1. The normalized spacial score (nSPS) is 16.5. The van der Waals surface area contributed by atoms with Gasteiger partial charge in [-0.05, 0) is 44.1 Å². The molecule has 0 aromatic heterocycles. The highest BCUT2D eigenvalue weighted by Crippen LogP contribution is 2.13. The van der Waals surface area contributed by atoms with Crippen LogP contribution in [-0.2, 0) is 15.0 Å². The van der Waals surface area contributed by atoms with E-state index in [1.807, 2.05) is 6.07 Å². The SMILES string of the molecule is N#Cc1cccc(NC(=O)CCN2CCC(NS(N)(=O)=O)CC2)c1. The molecule has 1 aromatic carbocycles. The van der Waals surface area contributed by atoms with Gasteiger partial charge in [0.2, 0.25) is 5.91 Å². The van der Waals surface area contributed by atoms with Crippen molar-refractivity contribution in [1.82, 2.24) is 9.62 Å². The van der Waals surface area contributed by atoms with Crippen LogP contribution in [0.25, 0.3) is 0 Å². The van der Waals surface area contributed by atoms with Crippen LogP contribution in [0.4, 0.5) is 5.69 Å². The van der Waals surface area contributed by atoms with Crippen molar-refractivity contribution in [2.24, 2.45) is 5.14 Å². The molecular weight excluding hydrogens is 330 g/mol. The molecular formula is C15H21N5O3S. The summed E-state index contributed by atoms with van der Waals surface area (Å²) in [5.74, 6) is -0.116. The van der Waals surface area contributed by atoms with Crippen LogP contribution in [0.1, 0.15) is 24.8 Å². The zero-order valence-corrected chi connectivity index (χ0v) is 14.1. The molecule has 0 saturated carbocycles. The molecule has 1 saturated heterocycles. The van der Waals surface area contributed by atoms with Gasteiger partial charge in [-0.3, -0.25) is 4.79 Å². The Hall–Kier alpha value is -1.99. The van der Waals surface area contributed by atoms with Crippen molar-refractivity contribution in [3.63, 3.8) is 0 Å². The molecule has 2 rings (SSSR count). The molecule has 9 heteroatoms. The van der Waals surface area contributed by atoms with Crippen LogP contribution < -0.4 is 15.2 Å². The molecule has 0 atom stereocenters. The maximum Gasteiger partial charge on any atom is 0.274 e. The molecule has 24 heavy (non-hydrogen) atoms. The quantitative estimate of drug-likeness (QED) is 0.672. The van der Waals surface area contributed by atoms with E-state index in [2.05, 4.69) is 14.9 Å². The van der Waals surface area contributed by atoms with Crippen LogP contribution in [-0.4, -0.2) is 44.9 Å². The van der Waals surface area contributed by atoms with E-state index in [4.69, 9.17) is 10.4 Å². The summed E-state index contributed by atoms with van der Waals surface area (Å²) < 4.78 is 24.4. The number of hydrogen-bond acceptors (Lipinski definition) is 5. The second-order valence-electron chi connectivity index (χ2n) is 5.77. The second kappa shape index (κ2) is 8.21. The second-order valence-corrected chi connectivity index (χ2v) is 7.10. The number of carbonyl (C=O) groups excluding carboxylic acids is 1. The number of rotatable bonds is 6. The number of nitrogens with zero attached hydrogens (tertiary/aromatic N) is 2. The Morgan fingerprint density at radius 2 is 2.08 bits per heavy atom. The number of carbonyl (C=O) groups is 1. The number of nitrogens with one attached hydrogen (secondary N) is 2. The molecule has 8 nitrogen and oxygen atoms in total. The van der Waals surface area contributed by atoms with Crippen molar-refractivity contribution in [1.29, 1.82) is 5.26 Å². The monoisotopic (exact) mass is 351 g/mol. The van der Waals surface area contributed by atoms with Crippen molar-refractivity contribution in [3.8, 4) is 6.07 Å². The first-order chi connectivity index (χ1) is 11.4. The molecule has 1 heterocycles. The first kappa shape index (κ1) is 18.4. The Morgan fingerprint density at radius 1 is 1.38 bits per heavy atom. The first-order valence-corrected chi connectivity index (χ1v) is 9.23. The van der Waals surface area contributed by atoms with E-state index in [-0.39, 0.29) is 11.9 Å². The lowest BCUT2D eigenvalue weighted by molar-refractivity contribution is -0.116. The largest absolute Gasteiger partial charge is 0.326 e. The van der Waals surface area contributed by atoms with E-state index in [1.54, 1.807) is 24.3 Å². The zero-order chi connectivity index (χ0) is 17.6. The number of piperidine rings is 1. The third-order valence-electron chi connectivity index (χ3n) is 3.85. The summed E-state index contributed by atoms with van der Waals surface area (Å²) in [5.41, 5.74) is 1.10. The van der Waals surface area contributed by atoms with Crippen molar-refractivity contribution in [2.45, 2.75) is 25.3 Å². The number of nitriles is 1. The molecule has 1 aliphatic heterocycles. The molecule has 0 spiro atoms. The highest BCUT2D eigenvalue weighted by atomic mass is 32.2. The smallest absolute Gasteiger partial charge is 0.274 e. The van der Waals surface area contributed by atoms with Crippen molar-refractivity contribution >= 4 is 21.8 Å². The molecule has 1 aliphatic rings. The van der Waals surface area contributed by atoms with Gasteiger partial charge >= 0.3 is 0 Å². The number of likely N-dealkylation sites (tertiary alicyclic amines) is 1. The van der Waals surface area contributed by atoms with Crippen LogP contribution in [0, 0.1) is 11.3 Å². The van der Waals surface area contributed by atoms with Crippen LogP contribution >= 0.6 is 0 Å². The zero-order valence-electron chi connectivity index (χ0n) is 13.2. The van der Waals surface area contributed by atoms with Crippen LogP contribution in [0.3, 0.4) is 0 Å². The van der Waals surface area contributed by atoms with Gasteiger partial charge < -0.3 is 10.2 Å². The fourth-order valence-electron chi connectivity index (χ4n) is 2.66. The highest BCUT2D eigenvalue weighted by molar-refractivity contribution is 7.87. The van der Waals surface area contributed by atoms with Crippen molar-refractivity contribution in [3.05, 3.63) is 29.8 Å². The minimum atomic E-state index is -3.66. The number of amides is 1. The van der Waals surface area contributed by atoms with E-state index in [0.29, 0.717) is 50.1 Å². The standard InChI is InChI=1S/C15H21N5O3S/c16-11-12-2-1-3-14(10-12)18-15(21)6-9-20-7-4-13(5-8-20)19-24(17,22)23/h1-3,10,13,19H,4-9H2,(H,18,21)(H2,17,22,23).